The molecule has 11 rings (SSSR count). The summed E-state index contributed by atoms with van der Waals surface area (Å²) in [5.74, 6) is -6.17. The van der Waals surface area contributed by atoms with Crippen molar-refractivity contribution in [3.05, 3.63) is 137 Å². The van der Waals surface area contributed by atoms with Crippen molar-refractivity contribution in [2.75, 3.05) is 63.7 Å². The van der Waals surface area contributed by atoms with E-state index in [0.29, 0.717) is 31.2 Å². The van der Waals surface area contributed by atoms with Gasteiger partial charge in [0.05, 0.1) is 77.1 Å². The molecule has 2 amide bonds. The fourth-order valence-electron chi connectivity index (χ4n) is 11.7. The third-order valence-corrected chi connectivity index (χ3v) is 21.3. The van der Waals surface area contributed by atoms with E-state index >= 15 is 0 Å². The molecule has 94 heavy (non-hydrogen) atoms. The van der Waals surface area contributed by atoms with E-state index in [1.54, 1.807) is 0 Å². The number of fused-ring (bicyclic) bond motifs is 4. The number of aliphatic hydroxyl groups is 2. The van der Waals surface area contributed by atoms with Crippen molar-refractivity contribution in [3.63, 3.8) is 0 Å². The van der Waals surface area contributed by atoms with Crippen LogP contribution >= 0.6 is 0 Å². The Morgan fingerprint density at radius 2 is 1.16 bits per heavy atom. The molecule has 0 aliphatic carbocycles. The Kier molecular flexibility index (Phi) is 19.4. The molecule has 5 aromatic carbocycles. The summed E-state index contributed by atoms with van der Waals surface area (Å²) in [6.45, 7) is 0.317. The first-order valence-corrected chi connectivity index (χ1v) is 34.2. The van der Waals surface area contributed by atoms with Crippen LogP contribution < -0.4 is 24.3 Å². The smallest absolute Gasteiger partial charge is 0.395 e. The van der Waals surface area contributed by atoms with Gasteiger partial charge in [-0.25, -0.2) is 43.8 Å². The van der Waals surface area contributed by atoms with Crippen LogP contribution in [-0.2, 0) is 61.9 Å². The summed E-state index contributed by atoms with van der Waals surface area (Å²) in [6, 6.07) is 20.3. The minimum Gasteiger partial charge on any atom is -0.395 e. The summed E-state index contributed by atoms with van der Waals surface area (Å²) in [6.07, 6.45) is -15.1. The van der Waals surface area contributed by atoms with Crippen LogP contribution in [0.5, 0.6) is 23.0 Å². The number of hydrogen-bond acceptors (Lipinski definition) is 16. The van der Waals surface area contributed by atoms with Crippen molar-refractivity contribution < 1.29 is 108 Å². The van der Waals surface area contributed by atoms with Gasteiger partial charge in [-0.3, -0.25) is 9.59 Å². The molecular weight excluding hydrogens is 1330 g/mol. The van der Waals surface area contributed by atoms with Gasteiger partial charge in [-0.05, 0) is 104 Å². The number of sulfone groups is 1. The van der Waals surface area contributed by atoms with Crippen LogP contribution in [0.3, 0.4) is 0 Å². The molecule has 2 aromatic heterocycles. The topological polar surface area (TPSA) is 271 Å². The molecule has 0 bridgehead atoms. The highest BCUT2D eigenvalue weighted by Gasteiger charge is 2.47. The lowest BCUT2D eigenvalue weighted by molar-refractivity contribution is -0.287. The van der Waals surface area contributed by atoms with E-state index in [9.17, 15) is 83.9 Å². The van der Waals surface area contributed by atoms with Gasteiger partial charge in [-0.1, -0.05) is 43.3 Å². The number of nitrogens with zero attached hydrogens (tertiary/aromatic N) is 7. The molecule has 4 aliphatic rings. The number of piperidine rings is 2. The number of aromatic nitrogens is 4. The number of sulfonamides is 2. The van der Waals surface area contributed by atoms with Crippen LogP contribution in [0, 0.1) is 11.8 Å². The summed E-state index contributed by atoms with van der Waals surface area (Å²) < 4.78 is 235. The van der Waals surface area contributed by atoms with Crippen molar-refractivity contribution in [1.29, 1.82) is 0 Å². The molecule has 3 N–H and O–H groups in total. The molecule has 7 aromatic rings. The molecular formula is C59H60F10N8O14S3. The van der Waals surface area contributed by atoms with Crippen LogP contribution in [0.2, 0.25) is 0 Å². The monoisotopic (exact) mass is 1390 g/mol. The number of hydrogen-bond donors (Lipinski definition) is 3. The number of alkyl halides is 10. The highest BCUT2D eigenvalue weighted by molar-refractivity contribution is 7.91. The first-order valence-electron chi connectivity index (χ1n) is 29.0. The van der Waals surface area contributed by atoms with Gasteiger partial charge < -0.3 is 48.5 Å². The van der Waals surface area contributed by atoms with Crippen molar-refractivity contribution in [1.82, 2.24) is 37.9 Å². The first kappa shape index (κ1) is 69.0. The molecule has 35 heteroatoms. The zero-order valence-electron chi connectivity index (χ0n) is 49.7. The number of imidazole rings is 2. The minimum absolute atomic E-state index is 0.00882. The minimum atomic E-state index is -4.99. The summed E-state index contributed by atoms with van der Waals surface area (Å²) in [5.41, 5.74) is 0.0645. The van der Waals surface area contributed by atoms with Crippen molar-refractivity contribution in [2.45, 2.75) is 88.1 Å². The van der Waals surface area contributed by atoms with Crippen molar-refractivity contribution >= 4 is 63.8 Å². The molecule has 508 valence electrons. The zero-order chi connectivity index (χ0) is 68.1. The van der Waals surface area contributed by atoms with E-state index in [4.69, 9.17) is 5.11 Å². The molecule has 22 nitrogen and oxygen atoms in total. The van der Waals surface area contributed by atoms with Crippen LogP contribution in [0.4, 0.5) is 43.9 Å². The van der Waals surface area contributed by atoms with Crippen LogP contribution in [-0.4, -0.2) is 162 Å². The third-order valence-electron chi connectivity index (χ3n) is 16.4. The number of halogens is 10. The maximum absolute atomic E-state index is 14.4. The predicted octanol–water partition coefficient (Wildman–Crippen LogP) is 8.08. The summed E-state index contributed by atoms with van der Waals surface area (Å²) >= 11 is 0. The first-order chi connectivity index (χ1) is 44.1. The fourth-order valence-corrected chi connectivity index (χ4v) is 14.7. The Morgan fingerprint density at radius 1 is 0.670 bits per heavy atom. The predicted molar refractivity (Wildman–Crippen MR) is 315 cm³/mol. The number of carbonyl (C=O) groups excluding carboxylic acids is 2. The SMILES string of the molecule is CCS(=O)(=O)c1ccc(CN(C(=O)c2ccc3c(c2)nc(C(F)(F)F)n3Cc2cccc3c2OC(F)(F)O3)[C@@H](CO)C2CCN(S(C)(=O)=O)CC2)cc1.O=C(NCC1CCN(S(=O)(=O)CCO)CC1)c1ccc2c(c1)nc(C(F)(F)F)n2Cc1cccc2c1OC(F)(F)O2. The number of aliphatic hydroxyl groups excluding tert-OH is 2. The number of para-hydroxylation sites is 2. The highest BCUT2D eigenvalue weighted by Crippen LogP contribution is 2.46. The lowest BCUT2D eigenvalue weighted by atomic mass is 9.88. The van der Waals surface area contributed by atoms with E-state index in [0.717, 1.165) is 21.5 Å². The van der Waals surface area contributed by atoms with E-state index in [2.05, 4.69) is 34.2 Å². The van der Waals surface area contributed by atoms with E-state index < -0.39 is 116 Å². The van der Waals surface area contributed by atoms with Crippen LogP contribution in [0.15, 0.2) is 102 Å². The molecule has 0 unspecified atom stereocenters. The summed E-state index contributed by atoms with van der Waals surface area (Å²) in [5, 5.41) is 22.3. The maximum Gasteiger partial charge on any atom is 0.586 e. The van der Waals surface area contributed by atoms with Gasteiger partial charge in [0, 0.05) is 61.5 Å². The van der Waals surface area contributed by atoms with Gasteiger partial charge in [-0.15, -0.1) is 17.6 Å². The molecule has 4 aliphatic heterocycles. The Hall–Kier alpha value is -7.83. The van der Waals surface area contributed by atoms with Gasteiger partial charge in [0.2, 0.25) is 31.7 Å². The quantitative estimate of drug-likeness (QED) is 0.0646. The lowest BCUT2D eigenvalue weighted by Crippen LogP contribution is -2.50. The molecule has 2 saturated heterocycles. The number of carbonyl (C=O) groups is 2. The van der Waals surface area contributed by atoms with Gasteiger partial charge in [0.25, 0.3) is 11.8 Å². The molecule has 2 fully saturated rings. The average molecular weight is 1390 g/mol. The van der Waals surface area contributed by atoms with Gasteiger partial charge >= 0.3 is 24.9 Å². The Bertz CT molecular complexity index is 4350. The number of ether oxygens (including phenoxy) is 4. The van der Waals surface area contributed by atoms with Crippen molar-refractivity contribution in [2.24, 2.45) is 11.8 Å². The fraction of sp³-hybridized carbons (Fsp3) is 0.424. The molecule has 1 atom stereocenters. The van der Waals surface area contributed by atoms with Gasteiger partial charge in [0.1, 0.15) is 0 Å². The van der Waals surface area contributed by atoms with Crippen LogP contribution in [0.25, 0.3) is 22.1 Å². The van der Waals surface area contributed by atoms with Gasteiger partial charge in [0.15, 0.2) is 32.8 Å². The standard InChI is InChI=1S/C34H35F5N4O8S2.C25H25F5N4O6S/c1-3-53(48,49)25-10-7-21(8-11-25)18-42(28(20-44)22-13-15-41(16-14-22)52(2,46)47)31(45)23-9-12-27-26(17-23)40-32(33(35,36)37)43(27)19-24-5-4-6-29-30(24)51-34(38,39)50-29;26-24(27,28)23-32-18-12-16(22(36)31-13-15-6-8-33(9-7-15)41(37,38)11-10-35)4-5-19(18)34(23)14-17-2-1-3-20-21(17)40-25(29,30)39-20/h4-12,17,22,28,44H,3,13-16,18-20H2,1-2H3;1-5,12,15,35H,6-11,13-14H2,(H,31,36)/t28-;/m0./s1. The Morgan fingerprint density at radius 3 is 1.63 bits per heavy atom. The molecule has 0 spiro atoms. The highest BCUT2D eigenvalue weighted by atomic mass is 32.2. The van der Waals surface area contributed by atoms with E-state index in [1.165, 1.54) is 111 Å². The maximum atomic E-state index is 14.4. The molecule has 6 heterocycles. The number of benzene rings is 5. The number of rotatable bonds is 19. The largest absolute Gasteiger partial charge is 0.586 e. The Labute approximate surface area is 530 Å². The summed E-state index contributed by atoms with van der Waals surface area (Å²) in [4.78, 5) is 36.1. The van der Waals surface area contributed by atoms with Crippen molar-refractivity contribution in [3.8, 4) is 23.0 Å². The molecule has 0 saturated carbocycles. The van der Waals surface area contributed by atoms with E-state index in [1.807, 2.05) is 0 Å². The number of nitrogens with one attached hydrogen (secondary N) is 1. The Balaban J connectivity index is 0.000000212. The van der Waals surface area contributed by atoms with Gasteiger partial charge in [-0.2, -0.15) is 26.3 Å². The van der Waals surface area contributed by atoms with E-state index in [-0.39, 0.29) is 129 Å². The summed E-state index contributed by atoms with van der Waals surface area (Å²) in [7, 11) is -10.5. The average Bonchev–Trinajstić information content (AvgIpc) is 1.60. The normalized spacial score (nSPS) is 17.5. The number of amides is 2. The second kappa shape index (κ2) is 26.4. The molecule has 0 radical (unpaired) electrons. The second-order valence-electron chi connectivity index (χ2n) is 22.6. The lowest BCUT2D eigenvalue weighted by Gasteiger charge is -2.40. The van der Waals surface area contributed by atoms with Crippen LogP contribution in [0.1, 0.15) is 81.7 Å². The second-order valence-corrected chi connectivity index (χ2v) is 28.9. The third kappa shape index (κ3) is 15.1. The zero-order valence-corrected chi connectivity index (χ0v) is 52.2.